The van der Waals surface area contributed by atoms with Crippen LogP contribution in [0, 0.1) is 0 Å². The molecule has 30 heavy (non-hydrogen) atoms. The maximum Gasteiger partial charge on any atom is 0.338 e. The summed E-state index contributed by atoms with van der Waals surface area (Å²) in [7, 11) is 1.72. The number of ether oxygens (including phenoxy) is 1. The minimum Gasteiger partial charge on any atom is -0.452 e. The van der Waals surface area contributed by atoms with E-state index in [1.165, 1.54) is 23.8 Å². The molecule has 2 aromatic carbocycles. The van der Waals surface area contributed by atoms with Gasteiger partial charge in [0.2, 0.25) is 0 Å². The van der Waals surface area contributed by atoms with Crippen LogP contribution in [-0.4, -0.2) is 40.4 Å². The minimum absolute atomic E-state index is 0.0382. The lowest BCUT2D eigenvalue weighted by Gasteiger charge is -2.33. The highest BCUT2D eigenvalue weighted by Crippen LogP contribution is 2.33. The SMILES string of the molecule is CN(C(=O)COC(=O)c1ccc2[nH]c(=O)c(=O)[nH]c2c1)[C@H]1CCCc2ccccc21. The Morgan fingerprint density at radius 3 is 2.60 bits per heavy atom. The number of hydrogen-bond acceptors (Lipinski definition) is 5. The van der Waals surface area contributed by atoms with Crippen molar-refractivity contribution in [2.45, 2.75) is 25.3 Å². The predicted octanol–water partition coefficient (Wildman–Crippen LogP) is 1.91. The first-order valence-corrected chi connectivity index (χ1v) is 9.71. The summed E-state index contributed by atoms with van der Waals surface area (Å²) in [5.74, 6) is -0.974. The third kappa shape index (κ3) is 3.76. The highest BCUT2D eigenvalue weighted by atomic mass is 16.5. The number of benzene rings is 2. The molecule has 0 saturated heterocycles. The van der Waals surface area contributed by atoms with Gasteiger partial charge in [0.05, 0.1) is 22.6 Å². The molecule has 1 aliphatic rings. The number of rotatable bonds is 4. The average Bonchev–Trinajstić information content (AvgIpc) is 2.76. The van der Waals surface area contributed by atoms with Gasteiger partial charge >= 0.3 is 17.1 Å². The number of esters is 1. The summed E-state index contributed by atoms with van der Waals surface area (Å²) in [6.45, 7) is -0.381. The van der Waals surface area contributed by atoms with Crippen LogP contribution in [0.1, 0.15) is 40.4 Å². The number of carbonyl (C=O) groups is 2. The third-order valence-corrected chi connectivity index (χ3v) is 5.48. The van der Waals surface area contributed by atoms with Gasteiger partial charge in [-0.25, -0.2) is 4.79 Å². The number of nitrogens with one attached hydrogen (secondary N) is 2. The second-order valence-corrected chi connectivity index (χ2v) is 7.36. The number of aryl methyl sites for hydroxylation is 1. The van der Waals surface area contributed by atoms with E-state index >= 15 is 0 Å². The Bertz CT molecular complexity index is 1240. The molecule has 8 nitrogen and oxygen atoms in total. The summed E-state index contributed by atoms with van der Waals surface area (Å²) in [5.41, 5.74) is 1.67. The maximum atomic E-state index is 12.6. The molecule has 1 heterocycles. The summed E-state index contributed by atoms with van der Waals surface area (Å²) < 4.78 is 5.20. The largest absolute Gasteiger partial charge is 0.452 e. The molecule has 0 spiro atoms. The van der Waals surface area contributed by atoms with Crippen molar-refractivity contribution < 1.29 is 14.3 Å². The van der Waals surface area contributed by atoms with Gasteiger partial charge in [-0.1, -0.05) is 24.3 Å². The zero-order valence-corrected chi connectivity index (χ0v) is 16.4. The van der Waals surface area contributed by atoms with Crippen molar-refractivity contribution in [3.63, 3.8) is 0 Å². The minimum atomic E-state index is -0.808. The zero-order chi connectivity index (χ0) is 21.3. The van der Waals surface area contributed by atoms with E-state index in [2.05, 4.69) is 16.0 Å². The van der Waals surface area contributed by atoms with E-state index in [1.807, 2.05) is 18.2 Å². The molecule has 0 unspecified atom stereocenters. The van der Waals surface area contributed by atoms with Gasteiger partial charge in [0.15, 0.2) is 6.61 Å². The lowest BCUT2D eigenvalue weighted by Crippen LogP contribution is -2.36. The molecular formula is C22H21N3O5. The van der Waals surface area contributed by atoms with Crippen LogP contribution in [-0.2, 0) is 16.0 Å². The third-order valence-electron chi connectivity index (χ3n) is 5.48. The Balaban J connectivity index is 1.44. The lowest BCUT2D eigenvalue weighted by molar-refractivity contribution is -0.135. The number of hydrogen-bond donors (Lipinski definition) is 2. The molecule has 1 atom stereocenters. The quantitative estimate of drug-likeness (QED) is 0.507. The van der Waals surface area contributed by atoms with E-state index in [0.29, 0.717) is 11.0 Å². The van der Waals surface area contributed by atoms with Crippen LogP contribution in [0.15, 0.2) is 52.1 Å². The second-order valence-electron chi connectivity index (χ2n) is 7.36. The first-order valence-electron chi connectivity index (χ1n) is 9.71. The van der Waals surface area contributed by atoms with Crippen molar-refractivity contribution in [3.8, 4) is 0 Å². The molecule has 1 aromatic heterocycles. The monoisotopic (exact) mass is 407 g/mol. The van der Waals surface area contributed by atoms with Gasteiger partial charge in [0.25, 0.3) is 5.91 Å². The average molecular weight is 407 g/mol. The Morgan fingerprint density at radius 1 is 1.07 bits per heavy atom. The second kappa shape index (κ2) is 7.98. The van der Waals surface area contributed by atoms with Gasteiger partial charge in [-0.15, -0.1) is 0 Å². The van der Waals surface area contributed by atoms with Gasteiger partial charge in [0, 0.05) is 7.05 Å². The maximum absolute atomic E-state index is 12.6. The highest BCUT2D eigenvalue weighted by molar-refractivity contribution is 5.94. The summed E-state index contributed by atoms with van der Waals surface area (Å²) in [6.07, 6.45) is 2.86. The number of aromatic nitrogens is 2. The Hall–Kier alpha value is -3.68. The van der Waals surface area contributed by atoms with Crippen molar-refractivity contribution >= 4 is 22.9 Å². The number of likely N-dealkylation sites (N-methyl/N-ethyl adjacent to an activating group) is 1. The van der Waals surface area contributed by atoms with Crippen LogP contribution in [0.2, 0.25) is 0 Å². The van der Waals surface area contributed by atoms with E-state index in [4.69, 9.17) is 4.74 Å². The number of amides is 1. The standard InChI is InChI=1S/C22H21N3O5/c1-25(18-8-4-6-13-5-2-3-7-15(13)18)19(26)12-30-22(29)14-9-10-16-17(11-14)24-21(28)20(27)23-16/h2-3,5,7,9-11,18H,4,6,8,12H2,1H3,(H,23,27)(H,24,28)/t18-/m0/s1. The molecule has 1 aliphatic carbocycles. The van der Waals surface area contributed by atoms with E-state index in [1.54, 1.807) is 11.9 Å². The summed E-state index contributed by atoms with van der Waals surface area (Å²) in [4.78, 5) is 54.3. The Labute approximate surface area is 171 Å². The molecule has 154 valence electrons. The fraction of sp³-hybridized carbons (Fsp3) is 0.273. The molecule has 4 rings (SSSR count). The summed E-state index contributed by atoms with van der Waals surface area (Å²) in [6, 6.07) is 12.4. The molecule has 0 radical (unpaired) electrons. The van der Waals surface area contributed by atoms with E-state index in [9.17, 15) is 19.2 Å². The summed E-state index contributed by atoms with van der Waals surface area (Å²) in [5, 5.41) is 0. The Morgan fingerprint density at radius 2 is 1.80 bits per heavy atom. The van der Waals surface area contributed by atoms with Crippen LogP contribution in [0.5, 0.6) is 0 Å². The lowest BCUT2D eigenvalue weighted by atomic mass is 9.87. The molecule has 8 heteroatoms. The number of nitrogens with zero attached hydrogens (tertiary/aromatic N) is 1. The molecule has 0 aliphatic heterocycles. The fourth-order valence-electron chi connectivity index (χ4n) is 3.86. The van der Waals surface area contributed by atoms with Gasteiger partial charge < -0.3 is 19.6 Å². The molecule has 2 N–H and O–H groups in total. The first kappa shape index (κ1) is 19.6. The zero-order valence-electron chi connectivity index (χ0n) is 16.4. The van der Waals surface area contributed by atoms with Gasteiger partial charge in [-0.3, -0.25) is 14.4 Å². The van der Waals surface area contributed by atoms with Crippen molar-refractivity contribution in [1.82, 2.24) is 14.9 Å². The van der Waals surface area contributed by atoms with Crippen LogP contribution in [0.25, 0.3) is 11.0 Å². The van der Waals surface area contributed by atoms with Gasteiger partial charge in [0.1, 0.15) is 0 Å². The fourth-order valence-corrected chi connectivity index (χ4v) is 3.86. The van der Waals surface area contributed by atoms with Crippen LogP contribution < -0.4 is 11.1 Å². The first-order chi connectivity index (χ1) is 14.4. The smallest absolute Gasteiger partial charge is 0.338 e. The van der Waals surface area contributed by atoms with Crippen LogP contribution in [0.3, 0.4) is 0 Å². The van der Waals surface area contributed by atoms with Crippen molar-refractivity contribution in [2.24, 2.45) is 0 Å². The van der Waals surface area contributed by atoms with Crippen LogP contribution >= 0.6 is 0 Å². The molecule has 3 aromatic rings. The van der Waals surface area contributed by atoms with E-state index in [0.717, 1.165) is 24.8 Å². The van der Waals surface area contributed by atoms with Gasteiger partial charge in [-0.05, 0) is 48.6 Å². The van der Waals surface area contributed by atoms with Crippen molar-refractivity contribution in [3.05, 3.63) is 79.9 Å². The normalized spacial score (nSPS) is 15.4. The number of aromatic amines is 2. The van der Waals surface area contributed by atoms with E-state index in [-0.39, 0.29) is 24.1 Å². The summed E-state index contributed by atoms with van der Waals surface area (Å²) >= 11 is 0. The Kier molecular flexibility index (Phi) is 5.22. The molecular weight excluding hydrogens is 386 g/mol. The van der Waals surface area contributed by atoms with Gasteiger partial charge in [-0.2, -0.15) is 0 Å². The molecule has 0 bridgehead atoms. The topological polar surface area (TPSA) is 112 Å². The number of fused-ring (bicyclic) bond motifs is 2. The highest BCUT2D eigenvalue weighted by Gasteiger charge is 2.27. The number of H-pyrrole nitrogens is 2. The molecule has 1 amide bonds. The molecule has 0 saturated carbocycles. The molecule has 0 fully saturated rings. The number of carbonyl (C=O) groups excluding carboxylic acids is 2. The van der Waals surface area contributed by atoms with Crippen molar-refractivity contribution in [1.29, 1.82) is 0 Å². The van der Waals surface area contributed by atoms with E-state index < -0.39 is 17.1 Å². The van der Waals surface area contributed by atoms with Crippen molar-refractivity contribution in [2.75, 3.05) is 13.7 Å². The van der Waals surface area contributed by atoms with Crippen LogP contribution in [0.4, 0.5) is 0 Å². The predicted molar refractivity (Wildman–Crippen MR) is 110 cm³/mol.